The van der Waals surface area contributed by atoms with Gasteiger partial charge in [0, 0.05) is 18.2 Å². The molecule has 1 saturated carbocycles. The highest BCUT2D eigenvalue weighted by Gasteiger charge is 2.30. The van der Waals surface area contributed by atoms with Gasteiger partial charge in [-0.2, -0.15) is 13.2 Å². The number of hydrogen-bond acceptors (Lipinski definition) is 5. The van der Waals surface area contributed by atoms with Gasteiger partial charge in [-0.05, 0) is 51.1 Å². The average molecular weight is 423 g/mol. The van der Waals surface area contributed by atoms with Gasteiger partial charge in [-0.3, -0.25) is 9.69 Å². The third kappa shape index (κ3) is 6.95. The van der Waals surface area contributed by atoms with E-state index in [0.29, 0.717) is 6.42 Å². The third-order valence-corrected chi connectivity index (χ3v) is 5.61. The predicted octanol–water partition coefficient (Wildman–Crippen LogP) is 1.75. The first-order chi connectivity index (χ1) is 13.0. The predicted molar refractivity (Wildman–Crippen MR) is 96.8 cm³/mol. The van der Waals surface area contributed by atoms with Crippen molar-refractivity contribution in [3.63, 3.8) is 0 Å². The molecule has 0 heterocycles. The van der Waals surface area contributed by atoms with E-state index in [9.17, 15) is 26.4 Å². The van der Waals surface area contributed by atoms with Gasteiger partial charge < -0.3 is 10.1 Å². The fourth-order valence-corrected chi connectivity index (χ4v) is 4.05. The molecule has 2 rings (SSSR count). The summed E-state index contributed by atoms with van der Waals surface area (Å²) in [5.41, 5.74) is 0.126. The maximum absolute atomic E-state index is 12.5. The van der Waals surface area contributed by atoms with E-state index in [-0.39, 0.29) is 35.3 Å². The van der Waals surface area contributed by atoms with Crippen LogP contribution in [0.15, 0.2) is 23.1 Å². The van der Waals surface area contributed by atoms with E-state index in [0.717, 1.165) is 17.7 Å². The Morgan fingerprint density at radius 3 is 2.57 bits per heavy atom. The molecule has 1 aliphatic carbocycles. The lowest BCUT2D eigenvalue weighted by atomic mass is 10.2. The van der Waals surface area contributed by atoms with E-state index in [4.69, 9.17) is 4.74 Å². The molecule has 11 heteroatoms. The van der Waals surface area contributed by atoms with Crippen molar-refractivity contribution in [2.75, 3.05) is 33.8 Å². The van der Waals surface area contributed by atoms with Crippen molar-refractivity contribution in [3.8, 4) is 5.75 Å². The van der Waals surface area contributed by atoms with Crippen LogP contribution in [-0.2, 0) is 10.0 Å². The van der Waals surface area contributed by atoms with E-state index in [1.54, 1.807) is 0 Å². The summed E-state index contributed by atoms with van der Waals surface area (Å²) in [5, 5.41) is 2.58. The molecular weight excluding hydrogens is 399 g/mol. The smallest absolute Gasteiger partial charge is 0.401 e. The number of halogens is 3. The maximum atomic E-state index is 12.5. The number of sulfonamides is 1. The van der Waals surface area contributed by atoms with E-state index in [1.807, 2.05) is 0 Å². The number of rotatable bonds is 10. The number of carbonyl (C=O) groups excluding carboxylic acids is 1. The molecule has 1 aromatic carbocycles. The number of nitrogens with one attached hydrogen (secondary N) is 2. The number of carbonyl (C=O) groups is 1. The second-order valence-corrected chi connectivity index (χ2v) is 8.41. The summed E-state index contributed by atoms with van der Waals surface area (Å²) in [7, 11) is -1.13. The molecule has 0 unspecified atom stereocenters. The summed E-state index contributed by atoms with van der Waals surface area (Å²) in [5.74, 6) is -0.387. The minimum absolute atomic E-state index is 0.0964. The van der Waals surface area contributed by atoms with Crippen molar-refractivity contribution >= 4 is 15.9 Å². The standard InChI is InChI=1S/C17H24F3N3O4S/c1-23(11-17(18,19)20)9-3-8-21-16(24)12-4-7-14(27-2)15(10-12)28(25,26)22-13-5-6-13/h4,7,10,13,22H,3,5-6,8-9,11H2,1-2H3,(H,21,24). The van der Waals surface area contributed by atoms with Crippen molar-refractivity contribution in [1.82, 2.24) is 14.9 Å². The largest absolute Gasteiger partial charge is 0.495 e. The van der Waals surface area contributed by atoms with Crippen molar-refractivity contribution in [2.24, 2.45) is 0 Å². The lowest BCUT2D eigenvalue weighted by molar-refractivity contribution is -0.143. The molecule has 7 nitrogen and oxygen atoms in total. The molecule has 1 amide bonds. The van der Waals surface area contributed by atoms with Crippen molar-refractivity contribution in [2.45, 2.75) is 36.4 Å². The molecular formula is C17H24F3N3O4S. The van der Waals surface area contributed by atoms with Crippen molar-refractivity contribution in [1.29, 1.82) is 0 Å². The fourth-order valence-electron chi connectivity index (χ4n) is 2.55. The van der Waals surface area contributed by atoms with Gasteiger partial charge in [0.05, 0.1) is 13.7 Å². The number of hydrogen-bond donors (Lipinski definition) is 2. The molecule has 1 aliphatic rings. The Kier molecular flexibility index (Phi) is 7.29. The Hall–Kier alpha value is -1.85. The van der Waals surface area contributed by atoms with Gasteiger partial charge in [0.2, 0.25) is 10.0 Å². The fraction of sp³-hybridized carbons (Fsp3) is 0.588. The van der Waals surface area contributed by atoms with Gasteiger partial charge in [-0.25, -0.2) is 13.1 Å². The minimum atomic E-state index is -4.27. The van der Waals surface area contributed by atoms with Crippen molar-refractivity contribution in [3.05, 3.63) is 23.8 Å². The van der Waals surface area contributed by atoms with Gasteiger partial charge in [0.1, 0.15) is 10.6 Å². The van der Waals surface area contributed by atoms with Gasteiger partial charge in [-0.15, -0.1) is 0 Å². The van der Waals surface area contributed by atoms with Crippen LogP contribution in [0.3, 0.4) is 0 Å². The maximum Gasteiger partial charge on any atom is 0.401 e. The van der Waals surface area contributed by atoms with E-state index in [2.05, 4.69) is 10.0 Å². The van der Waals surface area contributed by atoms with Crippen LogP contribution in [0.25, 0.3) is 0 Å². The highest BCUT2D eigenvalue weighted by molar-refractivity contribution is 7.89. The second kappa shape index (κ2) is 9.10. The Bertz CT molecular complexity index is 795. The number of benzene rings is 1. The summed E-state index contributed by atoms with van der Waals surface area (Å²) in [6.07, 6.45) is -2.41. The first kappa shape index (κ1) is 22.4. The quantitative estimate of drug-likeness (QED) is 0.560. The average Bonchev–Trinajstić information content (AvgIpc) is 3.39. The summed E-state index contributed by atoms with van der Waals surface area (Å²) in [4.78, 5) is 13.3. The van der Waals surface area contributed by atoms with E-state index >= 15 is 0 Å². The molecule has 0 atom stereocenters. The topological polar surface area (TPSA) is 87.7 Å². The van der Waals surface area contributed by atoms with E-state index in [1.165, 1.54) is 32.4 Å². The molecule has 158 valence electrons. The van der Waals surface area contributed by atoms with Crippen LogP contribution in [0.2, 0.25) is 0 Å². The third-order valence-electron chi connectivity index (χ3n) is 4.07. The van der Waals surface area contributed by atoms with E-state index < -0.39 is 28.7 Å². The summed E-state index contributed by atoms with van der Waals surface area (Å²) < 4.78 is 69.4. The zero-order valence-corrected chi connectivity index (χ0v) is 16.5. The Labute approximate surface area is 162 Å². The number of amides is 1. The molecule has 28 heavy (non-hydrogen) atoms. The van der Waals surface area contributed by atoms with Crippen LogP contribution >= 0.6 is 0 Å². The second-order valence-electron chi connectivity index (χ2n) is 6.72. The van der Waals surface area contributed by atoms with Crippen LogP contribution in [0.5, 0.6) is 5.75 Å². The van der Waals surface area contributed by atoms with Crippen LogP contribution in [0.4, 0.5) is 13.2 Å². The SMILES string of the molecule is COc1ccc(C(=O)NCCCN(C)CC(F)(F)F)cc1S(=O)(=O)NC1CC1. The first-order valence-corrected chi connectivity index (χ1v) is 10.2. The van der Waals surface area contributed by atoms with Crippen LogP contribution in [0.1, 0.15) is 29.6 Å². The Balaban J connectivity index is 1.95. The van der Waals surface area contributed by atoms with Crippen LogP contribution in [0, 0.1) is 0 Å². The zero-order chi connectivity index (χ0) is 20.9. The molecule has 0 bridgehead atoms. The molecule has 1 aromatic rings. The molecule has 0 saturated heterocycles. The molecule has 0 spiro atoms. The molecule has 0 aliphatic heterocycles. The number of nitrogens with zero attached hydrogens (tertiary/aromatic N) is 1. The molecule has 0 aromatic heterocycles. The summed E-state index contributed by atoms with van der Waals surface area (Å²) in [6.45, 7) is -0.697. The molecule has 0 radical (unpaired) electrons. The molecule has 1 fully saturated rings. The Morgan fingerprint density at radius 2 is 2.00 bits per heavy atom. The van der Waals surface area contributed by atoms with Crippen molar-refractivity contribution < 1.29 is 31.1 Å². The lowest BCUT2D eigenvalue weighted by Crippen LogP contribution is -2.34. The van der Waals surface area contributed by atoms with Gasteiger partial charge in [0.25, 0.3) is 5.91 Å². The number of methoxy groups -OCH3 is 1. The highest BCUT2D eigenvalue weighted by atomic mass is 32.2. The lowest BCUT2D eigenvalue weighted by Gasteiger charge is -2.18. The summed E-state index contributed by atoms with van der Waals surface area (Å²) >= 11 is 0. The first-order valence-electron chi connectivity index (χ1n) is 8.76. The highest BCUT2D eigenvalue weighted by Crippen LogP contribution is 2.28. The van der Waals surface area contributed by atoms with Gasteiger partial charge in [-0.1, -0.05) is 0 Å². The monoisotopic (exact) mass is 423 g/mol. The Morgan fingerprint density at radius 1 is 1.32 bits per heavy atom. The normalized spacial score (nSPS) is 14.9. The molecule has 2 N–H and O–H groups in total. The summed E-state index contributed by atoms with van der Waals surface area (Å²) in [6, 6.07) is 3.96. The number of alkyl halides is 3. The zero-order valence-electron chi connectivity index (χ0n) is 15.7. The van der Waals surface area contributed by atoms with Gasteiger partial charge in [0.15, 0.2) is 0 Å². The van der Waals surface area contributed by atoms with Crippen LogP contribution < -0.4 is 14.8 Å². The van der Waals surface area contributed by atoms with Crippen LogP contribution in [-0.4, -0.2) is 65.2 Å². The van der Waals surface area contributed by atoms with Gasteiger partial charge >= 0.3 is 6.18 Å². The minimum Gasteiger partial charge on any atom is -0.495 e. The number of ether oxygens (including phenoxy) is 1.